The fourth-order valence-corrected chi connectivity index (χ4v) is 5.32. The number of hydrogen-bond donors (Lipinski definition) is 0. The van der Waals surface area contributed by atoms with Crippen LogP contribution in [-0.4, -0.2) is 12.9 Å². The topological polar surface area (TPSA) is 26.3 Å². The smallest absolute Gasteiger partial charge is 0.161 e. The molecule has 4 atom stereocenters. The maximum absolute atomic E-state index is 12.2. The Morgan fingerprint density at radius 1 is 1.33 bits per heavy atom. The molecule has 0 N–H and O–H groups in total. The van der Waals surface area contributed by atoms with Gasteiger partial charge in [0.2, 0.25) is 0 Å². The number of hydrogen-bond acceptors (Lipinski definition) is 2. The lowest BCUT2D eigenvalue weighted by Gasteiger charge is -2.49. The van der Waals surface area contributed by atoms with Crippen molar-refractivity contribution in [2.24, 2.45) is 23.2 Å². The first-order valence-corrected chi connectivity index (χ1v) is 8.30. The Hall–Kier alpha value is -1.31. The van der Waals surface area contributed by atoms with E-state index in [0.29, 0.717) is 23.5 Å². The van der Waals surface area contributed by atoms with E-state index in [9.17, 15) is 4.79 Å². The average molecular weight is 284 g/mol. The first-order valence-electron chi connectivity index (χ1n) is 8.30. The van der Waals surface area contributed by atoms with Gasteiger partial charge in [-0.15, -0.1) is 0 Å². The number of fused-ring (bicyclic) bond motifs is 4. The highest BCUT2D eigenvalue weighted by molar-refractivity contribution is 5.97. The summed E-state index contributed by atoms with van der Waals surface area (Å²) in [7, 11) is 1.78. The van der Waals surface area contributed by atoms with Gasteiger partial charge in [-0.05, 0) is 62.0 Å². The van der Waals surface area contributed by atoms with E-state index in [1.807, 2.05) is 6.08 Å². The van der Waals surface area contributed by atoms with E-state index in [2.05, 4.69) is 19.1 Å². The Morgan fingerprint density at radius 3 is 3.00 bits per heavy atom. The van der Waals surface area contributed by atoms with E-state index in [4.69, 9.17) is 4.74 Å². The van der Waals surface area contributed by atoms with E-state index in [1.165, 1.54) is 19.3 Å². The summed E-state index contributed by atoms with van der Waals surface area (Å²) < 4.78 is 5.45. The Balaban J connectivity index is 1.64. The van der Waals surface area contributed by atoms with Gasteiger partial charge in [0.05, 0.1) is 12.9 Å². The summed E-state index contributed by atoms with van der Waals surface area (Å²) in [5, 5.41) is 0. The molecule has 2 heteroatoms. The number of ether oxygens (including phenoxy) is 1. The minimum atomic E-state index is -0.0958. The third kappa shape index (κ3) is 1.81. The molecule has 4 aliphatic rings. The molecule has 0 aromatic rings. The summed E-state index contributed by atoms with van der Waals surface area (Å²) in [5.74, 6) is 3.38. The molecule has 1 saturated carbocycles. The van der Waals surface area contributed by atoms with Crippen LogP contribution in [0.1, 0.15) is 45.4 Å². The van der Waals surface area contributed by atoms with Gasteiger partial charge in [-0.3, -0.25) is 4.79 Å². The highest BCUT2D eigenvalue weighted by atomic mass is 16.5. The van der Waals surface area contributed by atoms with Gasteiger partial charge in [0.15, 0.2) is 5.78 Å². The van der Waals surface area contributed by atoms with Gasteiger partial charge in [-0.25, -0.2) is 0 Å². The second-order valence-electron chi connectivity index (χ2n) is 7.40. The predicted octanol–water partition coefficient (Wildman–Crippen LogP) is 4.19. The molecule has 0 aromatic carbocycles. The number of methoxy groups -OCH3 is 1. The van der Waals surface area contributed by atoms with Gasteiger partial charge >= 0.3 is 0 Å². The second kappa shape index (κ2) is 4.59. The molecule has 4 aliphatic carbocycles. The lowest BCUT2D eigenvalue weighted by molar-refractivity contribution is -0.127. The zero-order valence-corrected chi connectivity index (χ0v) is 13.0. The number of carbonyl (C=O) groups excluding carboxylic acids is 1. The van der Waals surface area contributed by atoms with Crippen molar-refractivity contribution >= 4 is 5.78 Å². The largest absolute Gasteiger partial charge is 0.501 e. The number of carbonyl (C=O) groups is 1. The van der Waals surface area contributed by atoms with Crippen LogP contribution in [0.25, 0.3) is 0 Å². The van der Waals surface area contributed by atoms with Crippen LogP contribution in [-0.2, 0) is 9.53 Å². The fourth-order valence-electron chi connectivity index (χ4n) is 5.32. The SMILES string of the molecule is COC1=CCC2=C(CC[C@@H]3[C@@H]2CC[C@]2(C)C(=O)C=C[C@@H]32)C1. The van der Waals surface area contributed by atoms with Crippen molar-refractivity contribution in [1.82, 2.24) is 0 Å². The number of allylic oxidation sites excluding steroid dienone is 5. The standard InChI is InChI=1S/C19H24O2/c1-19-10-9-15-14-6-4-13(21-2)11-12(14)3-5-16(15)17(19)7-8-18(19)20/h4,7-8,15-17H,3,5-6,9-11H2,1-2H3/t15-,16-,17+,19+/m1/s1. The van der Waals surface area contributed by atoms with Crippen molar-refractivity contribution in [2.45, 2.75) is 45.4 Å². The molecule has 0 spiro atoms. The van der Waals surface area contributed by atoms with Gasteiger partial charge < -0.3 is 4.74 Å². The molecule has 0 heterocycles. The third-order valence-corrected chi connectivity index (χ3v) is 6.59. The Kier molecular flexibility index (Phi) is 2.92. The first kappa shape index (κ1) is 13.4. The Labute approximate surface area is 126 Å². The van der Waals surface area contributed by atoms with E-state index in [0.717, 1.165) is 25.0 Å². The van der Waals surface area contributed by atoms with Crippen molar-refractivity contribution in [2.75, 3.05) is 7.11 Å². The predicted molar refractivity (Wildman–Crippen MR) is 82.5 cm³/mol. The van der Waals surface area contributed by atoms with Crippen LogP contribution >= 0.6 is 0 Å². The first-order chi connectivity index (χ1) is 10.1. The lowest BCUT2D eigenvalue weighted by atomic mass is 9.54. The number of ketones is 1. The van der Waals surface area contributed by atoms with Crippen molar-refractivity contribution < 1.29 is 9.53 Å². The van der Waals surface area contributed by atoms with Crippen LogP contribution in [0.2, 0.25) is 0 Å². The van der Waals surface area contributed by atoms with Crippen LogP contribution in [0.4, 0.5) is 0 Å². The summed E-state index contributed by atoms with van der Waals surface area (Å²) in [6.45, 7) is 2.20. The average Bonchev–Trinajstić information content (AvgIpc) is 2.82. The highest BCUT2D eigenvalue weighted by Crippen LogP contribution is 2.57. The zero-order valence-electron chi connectivity index (χ0n) is 13.0. The van der Waals surface area contributed by atoms with Crippen LogP contribution in [0, 0.1) is 23.2 Å². The van der Waals surface area contributed by atoms with Gasteiger partial charge in [0, 0.05) is 11.8 Å². The van der Waals surface area contributed by atoms with Gasteiger partial charge in [-0.1, -0.05) is 24.1 Å². The molecular weight excluding hydrogens is 260 g/mol. The van der Waals surface area contributed by atoms with Crippen molar-refractivity contribution in [1.29, 1.82) is 0 Å². The lowest BCUT2D eigenvalue weighted by Crippen LogP contribution is -2.44. The molecule has 1 fully saturated rings. The van der Waals surface area contributed by atoms with Gasteiger partial charge in [-0.2, -0.15) is 0 Å². The Bertz CT molecular complexity index is 580. The summed E-state index contributed by atoms with van der Waals surface area (Å²) >= 11 is 0. The molecule has 0 bridgehead atoms. The number of rotatable bonds is 1. The highest BCUT2D eigenvalue weighted by Gasteiger charge is 2.52. The molecule has 4 rings (SSSR count). The molecule has 112 valence electrons. The maximum atomic E-state index is 12.2. The second-order valence-corrected chi connectivity index (χ2v) is 7.40. The molecule has 21 heavy (non-hydrogen) atoms. The zero-order chi connectivity index (χ0) is 14.6. The van der Waals surface area contributed by atoms with Crippen molar-refractivity contribution in [3.63, 3.8) is 0 Å². The summed E-state index contributed by atoms with van der Waals surface area (Å²) in [6.07, 6.45) is 13.1. The molecule has 0 amide bonds. The van der Waals surface area contributed by atoms with Crippen LogP contribution in [0.15, 0.2) is 35.1 Å². The summed E-state index contributed by atoms with van der Waals surface area (Å²) in [4.78, 5) is 12.2. The Morgan fingerprint density at radius 2 is 2.19 bits per heavy atom. The molecular formula is C19H24O2. The van der Waals surface area contributed by atoms with E-state index in [-0.39, 0.29) is 5.41 Å². The van der Waals surface area contributed by atoms with Crippen LogP contribution < -0.4 is 0 Å². The normalized spacial score (nSPS) is 41.3. The third-order valence-electron chi connectivity index (χ3n) is 6.59. The molecule has 2 nitrogen and oxygen atoms in total. The molecule has 0 aromatic heterocycles. The molecule has 0 unspecified atom stereocenters. The van der Waals surface area contributed by atoms with E-state index >= 15 is 0 Å². The van der Waals surface area contributed by atoms with E-state index in [1.54, 1.807) is 18.3 Å². The summed E-state index contributed by atoms with van der Waals surface area (Å²) in [6, 6.07) is 0. The van der Waals surface area contributed by atoms with Crippen LogP contribution in [0.3, 0.4) is 0 Å². The molecule has 0 aliphatic heterocycles. The van der Waals surface area contributed by atoms with Gasteiger partial charge in [0.1, 0.15) is 0 Å². The van der Waals surface area contributed by atoms with Gasteiger partial charge in [0.25, 0.3) is 0 Å². The van der Waals surface area contributed by atoms with E-state index < -0.39 is 0 Å². The minimum Gasteiger partial charge on any atom is -0.501 e. The molecule has 0 radical (unpaired) electrons. The summed E-state index contributed by atoms with van der Waals surface area (Å²) in [5.41, 5.74) is 3.22. The van der Waals surface area contributed by atoms with Crippen molar-refractivity contribution in [3.8, 4) is 0 Å². The molecule has 0 saturated heterocycles. The monoisotopic (exact) mass is 284 g/mol. The van der Waals surface area contributed by atoms with Crippen molar-refractivity contribution in [3.05, 3.63) is 35.1 Å². The quantitative estimate of drug-likeness (QED) is 0.675. The fraction of sp³-hybridized carbons (Fsp3) is 0.632. The maximum Gasteiger partial charge on any atom is 0.161 e. The minimum absolute atomic E-state index is 0.0958. The van der Waals surface area contributed by atoms with Crippen LogP contribution in [0.5, 0.6) is 0 Å².